The Morgan fingerprint density at radius 2 is 1.14 bits per heavy atom. The number of rotatable bonds is 1. The van der Waals surface area contributed by atoms with Crippen molar-refractivity contribution in [2.45, 2.75) is 0 Å². The number of aromatic nitrogens is 1. The van der Waals surface area contributed by atoms with Crippen LogP contribution in [-0.4, -0.2) is 4.98 Å². The topological polar surface area (TPSA) is 19.0 Å². The van der Waals surface area contributed by atoms with Gasteiger partial charge in [0.25, 0.3) is 0 Å². The zero-order valence-corrected chi connectivity index (χ0v) is 15.3. The van der Waals surface area contributed by atoms with E-state index < -0.39 is 0 Å². The number of hydrogen-bond donors (Lipinski definition) is 1. The van der Waals surface area contributed by atoms with Gasteiger partial charge in [-0.05, 0) is 30.3 Å². The highest BCUT2D eigenvalue weighted by Crippen LogP contribution is 2.52. The van der Waals surface area contributed by atoms with Crippen LogP contribution in [0.3, 0.4) is 0 Å². The third-order valence-electron chi connectivity index (χ3n) is 5.55. The number of nitrogens with one attached hydrogen (secondary N) is 1. The molecule has 0 saturated heterocycles. The van der Waals surface area contributed by atoms with Gasteiger partial charge in [0.15, 0.2) is 0 Å². The molecule has 132 valence electrons. The molecule has 0 unspecified atom stereocenters. The summed E-state index contributed by atoms with van der Waals surface area (Å²) in [6.07, 6.45) is 0. The van der Waals surface area contributed by atoms with Crippen molar-refractivity contribution >= 4 is 28.0 Å². The van der Waals surface area contributed by atoms with Crippen LogP contribution in [0.2, 0.25) is 0 Å². The van der Waals surface area contributed by atoms with Crippen molar-refractivity contribution in [3.05, 3.63) is 103 Å². The fourth-order valence-corrected chi connectivity index (χ4v) is 4.37. The number of H-pyrrole nitrogens is 1. The molecule has 5 aromatic rings. The summed E-state index contributed by atoms with van der Waals surface area (Å²) < 4.78 is 0. The zero-order chi connectivity index (χ0) is 18.5. The maximum Gasteiger partial charge on any atom is 0.0566 e. The SMILES string of the molecule is c1ccc(N2c3ccccc3-c3[nH]c4ccccc4c3-c3ccccc32)cc1. The molecule has 2 nitrogen and oxygen atoms in total. The molecular weight excluding hydrogens is 340 g/mol. The summed E-state index contributed by atoms with van der Waals surface area (Å²) in [6, 6.07) is 36.5. The lowest BCUT2D eigenvalue weighted by atomic mass is 9.98. The molecule has 2 heteroatoms. The summed E-state index contributed by atoms with van der Waals surface area (Å²) in [6.45, 7) is 0. The van der Waals surface area contributed by atoms with Crippen molar-refractivity contribution in [2.75, 3.05) is 4.90 Å². The number of aromatic amines is 1. The van der Waals surface area contributed by atoms with E-state index >= 15 is 0 Å². The van der Waals surface area contributed by atoms with Crippen molar-refractivity contribution in [1.29, 1.82) is 0 Å². The van der Waals surface area contributed by atoms with Crippen molar-refractivity contribution < 1.29 is 0 Å². The van der Waals surface area contributed by atoms with E-state index in [1.165, 1.54) is 44.7 Å². The minimum Gasteiger partial charge on any atom is -0.354 e. The monoisotopic (exact) mass is 358 g/mol. The van der Waals surface area contributed by atoms with Gasteiger partial charge in [-0.2, -0.15) is 0 Å². The minimum absolute atomic E-state index is 1.16. The molecule has 0 bridgehead atoms. The number of nitrogens with zero attached hydrogens (tertiary/aromatic N) is 1. The quantitative estimate of drug-likeness (QED) is 0.327. The summed E-state index contributed by atoms with van der Waals surface area (Å²) in [4.78, 5) is 6.07. The van der Waals surface area contributed by atoms with Crippen LogP contribution < -0.4 is 4.90 Å². The van der Waals surface area contributed by atoms with E-state index in [9.17, 15) is 0 Å². The fourth-order valence-electron chi connectivity index (χ4n) is 4.37. The number of para-hydroxylation sites is 4. The molecule has 0 aliphatic carbocycles. The smallest absolute Gasteiger partial charge is 0.0566 e. The molecule has 6 rings (SSSR count). The molecule has 1 aliphatic heterocycles. The van der Waals surface area contributed by atoms with Gasteiger partial charge in [-0.15, -0.1) is 0 Å². The molecule has 0 saturated carbocycles. The highest BCUT2D eigenvalue weighted by atomic mass is 15.2. The van der Waals surface area contributed by atoms with Gasteiger partial charge in [-0.3, -0.25) is 0 Å². The first kappa shape index (κ1) is 15.3. The van der Waals surface area contributed by atoms with E-state index in [-0.39, 0.29) is 0 Å². The molecule has 28 heavy (non-hydrogen) atoms. The predicted octanol–water partition coefficient (Wildman–Crippen LogP) is 7.29. The molecule has 0 amide bonds. The molecule has 4 aromatic carbocycles. The van der Waals surface area contributed by atoms with E-state index in [0.29, 0.717) is 0 Å². The van der Waals surface area contributed by atoms with Crippen LogP contribution >= 0.6 is 0 Å². The van der Waals surface area contributed by atoms with Crippen LogP contribution in [0.1, 0.15) is 0 Å². The van der Waals surface area contributed by atoms with Gasteiger partial charge in [-0.25, -0.2) is 0 Å². The van der Waals surface area contributed by atoms with Gasteiger partial charge in [-0.1, -0.05) is 72.8 Å². The number of fused-ring (bicyclic) bond motifs is 7. The van der Waals surface area contributed by atoms with Gasteiger partial charge in [0.1, 0.15) is 0 Å². The molecule has 0 spiro atoms. The summed E-state index contributed by atoms with van der Waals surface area (Å²) >= 11 is 0. The number of hydrogen-bond acceptors (Lipinski definition) is 1. The fraction of sp³-hybridized carbons (Fsp3) is 0. The van der Waals surface area contributed by atoms with E-state index in [4.69, 9.17) is 0 Å². The zero-order valence-electron chi connectivity index (χ0n) is 15.3. The van der Waals surface area contributed by atoms with Gasteiger partial charge in [0.05, 0.1) is 17.1 Å². The second kappa shape index (κ2) is 5.86. The minimum atomic E-state index is 1.16. The molecule has 1 N–H and O–H groups in total. The average molecular weight is 358 g/mol. The van der Waals surface area contributed by atoms with Crippen LogP contribution in [0.5, 0.6) is 0 Å². The molecule has 0 radical (unpaired) electrons. The predicted molar refractivity (Wildman–Crippen MR) is 117 cm³/mol. The van der Waals surface area contributed by atoms with Crippen LogP contribution in [0.25, 0.3) is 33.3 Å². The van der Waals surface area contributed by atoms with Crippen LogP contribution in [0.15, 0.2) is 103 Å². The van der Waals surface area contributed by atoms with Crippen LogP contribution in [-0.2, 0) is 0 Å². The highest BCUT2D eigenvalue weighted by molar-refractivity contribution is 6.11. The van der Waals surface area contributed by atoms with Gasteiger partial charge >= 0.3 is 0 Å². The van der Waals surface area contributed by atoms with Crippen molar-refractivity contribution in [1.82, 2.24) is 4.98 Å². The summed E-state index contributed by atoms with van der Waals surface area (Å²) in [7, 11) is 0. The lowest BCUT2D eigenvalue weighted by molar-refractivity contribution is 1.29. The van der Waals surface area contributed by atoms with E-state index in [1.807, 2.05) is 0 Å². The summed E-state index contributed by atoms with van der Waals surface area (Å²) in [5.41, 5.74) is 9.64. The highest BCUT2D eigenvalue weighted by Gasteiger charge is 2.27. The molecule has 0 fully saturated rings. The van der Waals surface area contributed by atoms with Crippen molar-refractivity contribution in [3.63, 3.8) is 0 Å². The molecule has 0 atom stereocenters. The Kier molecular flexibility index (Phi) is 3.20. The first-order valence-electron chi connectivity index (χ1n) is 9.56. The average Bonchev–Trinajstić information content (AvgIpc) is 3.09. The maximum absolute atomic E-state index is 3.70. The van der Waals surface area contributed by atoms with Gasteiger partial charge < -0.3 is 9.88 Å². The molecular formula is C26H18N2. The van der Waals surface area contributed by atoms with Gasteiger partial charge in [0, 0.05) is 33.3 Å². The second-order valence-corrected chi connectivity index (χ2v) is 7.13. The summed E-state index contributed by atoms with van der Waals surface area (Å²) in [5.74, 6) is 0. The van der Waals surface area contributed by atoms with Gasteiger partial charge in [0.2, 0.25) is 0 Å². The first-order valence-corrected chi connectivity index (χ1v) is 9.56. The first-order chi connectivity index (χ1) is 13.9. The third-order valence-corrected chi connectivity index (χ3v) is 5.55. The van der Waals surface area contributed by atoms with Crippen LogP contribution in [0, 0.1) is 0 Å². The van der Waals surface area contributed by atoms with Crippen molar-refractivity contribution in [2.24, 2.45) is 0 Å². The number of benzene rings is 4. The molecule has 1 aromatic heterocycles. The van der Waals surface area contributed by atoms with E-state index in [0.717, 1.165) is 5.69 Å². The Labute approximate surface area is 163 Å². The number of anilines is 3. The van der Waals surface area contributed by atoms with Crippen molar-refractivity contribution in [3.8, 4) is 22.4 Å². The second-order valence-electron chi connectivity index (χ2n) is 7.13. The third kappa shape index (κ3) is 2.09. The Balaban J connectivity index is 1.79. The largest absolute Gasteiger partial charge is 0.354 e. The Hall–Kier alpha value is -3.78. The lowest BCUT2D eigenvalue weighted by Gasteiger charge is -2.27. The normalized spacial score (nSPS) is 12.2. The Morgan fingerprint density at radius 1 is 0.536 bits per heavy atom. The van der Waals surface area contributed by atoms with E-state index in [1.54, 1.807) is 0 Å². The Morgan fingerprint density at radius 3 is 1.96 bits per heavy atom. The Bertz CT molecular complexity index is 1310. The molecule has 1 aliphatic rings. The van der Waals surface area contributed by atoms with E-state index in [2.05, 4.69) is 113 Å². The molecule has 2 heterocycles. The lowest BCUT2D eigenvalue weighted by Crippen LogP contribution is -2.10. The summed E-state index contributed by atoms with van der Waals surface area (Å²) in [5, 5.41) is 1.26. The van der Waals surface area contributed by atoms with Crippen LogP contribution in [0.4, 0.5) is 17.1 Å². The maximum atomic E-state index is 3.70. The standard InChI is InChI=1S/C26H18N2/c1-2-10-18(11-3-1)28-23-16-8-5-13-20(23)25-19-12-4-7-15-22(19)27-26(25)21-14-6-9-17-24(21)28/h1-17,27H.